The van der Waals surface area contributed by atoms with Crippen molar-refractivity contribution in [2.75, 3.05) is 13.1 Å². The van der Waals surface area contributed by atoms with Gasteiger partial charge in [-0.1, -0.05) is 13.0 Å². The van der Waals surface area contributed by atoms with Gasteiger partial charge in [0.05, 0.1) is 5.56 Å². The first kappa shape index (κ1) is 19.3. The molecule has 0 amide bonds. The molecule has 22 heavy (non-hydrogen) atoms. The van der Waals surface area contributed by atoms with E-state index < -0.39 is 17.0 Å². The summed E-state index contributed by atoms with van der Waals surface area (Å²) in [5.41, 5.74) is -0.624. The second-order valence-corrected chi connectivity index (χ2v) is 5.79. The minimum atomic E-state index is -4.49. The van der Waals surface area contributed by atoms with Gasteiger partial charge in [0.2, 0.25) is 0 Å². The molecule has 1 heterocycles. The van der Waals surface area contributed by atoms with E-state index in [2.05, 4.69) is 5.32 Å². The van der Waals surface area contributed by atoms with Gasteiger partial charge in [0.15, 0.2) is 0 Å². The van der Waals surface area contributed by atoms with E-state index in [4.69, 9.17) is 11.6 Å². The molecule has 1 unspecified atom stereocenters. The molecule has 0 saturated carbocycles. The lowest BCUT2D eigenvalue weighted by Gasteiger charge is -2.30. The van der Waals surface area contributed by atoms with Gasteiger partial charge in [-0.2, -0.15) is 13.2 Å². The van der Waals surface area contributed by atoms with Gasteiger partial charge in [0.1, 0.15) is 0 Å². The van der Waals surface area contributed by atoms with Crippen LogP contribution in [0, 0.1) is 5.92 Å². The molecular weight excluding hydrogens is 338 g/mol. The Hall–Kier alpha value is -0.780. The van der Waals surface area contributed by atoms with Gasteiger partial charge in [0, 0.05) is 5.56 Å². The summed E-state index contributed by atoms with van der Waals surface area (Å²) in [6, 6.07) is 3.63. The second kappa shape index (κ2) is 7.66. The van der Waals surface area contributed by atoms with Crippen LogP contribution in [-0.2, 0) is 6.18 Å². The molecule has 1 aromatic carbocycles. The molecule has 0 spiro atoms. The van der Waals surface area contributed by atoms with E-state index in [1.807, 2.05) is 6.92 Å². The van der Waals surface area contributed by atoms with Crippen LogP contribution in [0.5, 0.6) is 0 Å². The highest BCUT2D eigenvalue weighted by molar-refractivity contribution is 6.67. The average molecular weight is 356 g/mol. The summed E-state index contributed by atoms with van der Waals surface area (Å²) in [7, 11) is 0. The van der Waals surface area contributed by atoms with Crippen molar-refractivity contribution in [3.05, 3.63) is 34.9 Å². The minimum absolute atomic E-state index is 0. The fraction of sp³-hybridized carbons (Fsp3) is 0.533. The number of carbonyl (C=O) groups is 1. The summed E-state index contributed by atoms with van der Waals surface area (Å²) in [5, 5.41) is 2.33. The Morgan fingerprint density at radius 1 is 1.32 bits per heavy atom. The quantitative estimate of drug-likeness (QED) is 0.802. The summed E-state index contributed by atoms with van der Waals surface area (Å²) < 4.78 is 39.8. The Bertz CT molecular complexity index is 528. The highest BCUT2D eigenvalue weighted by Gasteiger charge is 2.36. The zero-order valence-corrected chi connectivity index (χ0v) is 13.6. The van der Waals surface area contributed by atoms with Crippen LogP contribution in [-0.4, -0.2) is 18.3 Å². The third-order valence-electron chi connectivity index (χ3n) is 4.17. The van der Waals surface area contributed by atoms with Gasteiger partial charge in [0.25, 0.3) is 5.24 Å². The predicted molar refractivity (Wildman–Crippen MR) is 82.9 cm³/mol. The Morgan fingerprint density at radius 2 is 1.91 bits per heavy atom. The van der Waals surface area contributed by atoms with Crippen LogP contribution in [0.25, 0.3) is 0 Å². The number of halogens is 5. The number of hydrogen-bond acceptors (Lipinski definition) is 2. The number of benzene rings is 1. The SMILES string of the molecule is CC(c1ccc(C(=O)Cl)cc1C(F)(F)F)C1CCNCC1.Cl. The summed E-state index contributed by atoms with van der Waals surface area (Å²) >= 11 is 5.29. The van der Waals surface area contributed by atoms with Gasteiger partial charge in [-0.15, -0.1) is 12.4 Å². The summed E-state index contributed by atoms with van der Waals surface area (Å²) in [6.07, 6.45) is -2.78. The topological polar surface area (TPSA) is 29.1 Å². The molecule has 0 radical (unpaired) electrons. The number of rotatable bonds is 3. The number of carbonyl (C=O) groups excluding carboxylic acids is 1. The molecule has 2 nitrogen and oxygen atoms in total. The lowest BCUT2D eigenvalue weighted by atomic mass is 9.79. The van der Waals surface area contributed by atoms with Crippen molar-refractivity contribution in [3.8, 4) is 0 Å². The lowest BCUT2D eigenvalue weighted by molar-refractivity contribution is -0.138. The van der Waals surface area contributed by atoms with Crippen LogP contribution in [0.1, 0.15) is 47.2 Å². The molecule has 1 aliphatic rings. The summed E-state index contributed by atoms with van der Waals surface area (Å²) in [5.74, 6) is 0.00751. The molecule has 1 aliphatic heterocycles. The zero-order valence-electron chi connectivity index (χ0n) is 12.0. The largest absolute Gasteiger partial charge is 0.416 e. The van der Waals surface area contributed by atoms with Gasteiger partial charge in [-0.05, 0) is 67.1 Å². The van der Waals surface area contributed by atoms with Crippen molar-refractivity contribution in [1.29, 1.82) is 0 Å². The standard InChI is InChI=1S/C15H17ClF3NO.ClH/c1-9(10-4-6-20-7-5-10)12-3-2-11(14(16)21)8-13(12)15(17,18)19;/h2-3,8-10,20H,4-7H2,1H3;1H. The van der Waals surface area contributed by atoms with E-state index in [0.717, 1.165) is 32.0 Å². The lowest BCUT2D eigenvalue weighted by Crippen LogP contribution is -2.30. The predicted octanol–water partition coefficient (Wildman–Crippen LogP) is 4.61. The molecule has 0 bridgehead atoms. The monoisotopic (exact) mass is 355 g/mol. The molecular formula is C15H18Cl2F3NO. The number of piperidine rings is 1. The average Bonchev–Trinajstić information content (AvgIpc) is 2.46. The van der Waals surface area contributed by atoms with E-state index >= 15 is 0 Å². The molecule has 0 aliphatic carbocycles. The summed E-state index contributed by atoms with van der Waals surface area (Å²) in [4.78, 5) is 11.1. The summed E-state index contributed by atoms with van der Waals surface area (Å²) in [6.45, 7) is 3.48. The maximum atomic E-state index is 13.3. The Labute approximate surface area is 138 Å². The van der Waals surface area contributed by atoms with Crippen LogP contribution in [0.2, 0.25) is 0 Å². The molecule has 2 rings (SSSR count). The highest BCUT2D eigenvalue weighted by atomic mass is 35.5. The van der Waals surface area contributed by atoms with E-state index in [0.29, 0.717) is 0 Å². The molecule has 124 valence electrons. The first-order valence-corrected chi connectivity index (χ1v) is 7.30. The van der Waals surface area contributed by atoms with Crippen molar-refractivity contribution in [3.63, 3.8) is 0 Å². The Balaban J connectivity index is 0.00000242. The van der Waals surface area contributed by atoms with E-state index in [-0.39, 0.29) is 35.4 Å². The molecule has 1 aromatic rings. The minimum Gasteiger partial charge on any atom is -0.317 e. The fourth-order valence-electron chi connectivity index (χ4n) is 2.92. The molecule has 1 fully saturated rings. The van der Waals surface area contributed by atoms with Crippen molar-refractivity contribution in [2.45, 2.75) is 31.9 Å². The number of alkyl halides is 3. The van der Waals surface area contributed by atoms with Crippen LogP contribution in [0.4, 0.5) is 13.2 Å². The van der Waals surface area contributed by atoms with Crippen molar-refractivity contribution in [1.82, 2.24) is 5.32 Å². The van der Waals surface area contributed by atoms with Gasteiger partial charge >= 0.3 is 6.18 Å². The third-order valence-corrected chi connectivity index (χ3v) is 4.39. The molecule has 1 saturated heterocycles. The van der Waals surface area contributed by atoms with Gasteiger partial charge < -0.3 is 5.32 Å². The highest BCUT2D eigenvalue weighted by Crippen LogP contribution is 2.40. The van der Waals surface area contributed by atoms with Gasteiger partial charge in [-0.25, -0.2) is 0 Å². The first-order chi connectivity index (χ1) is 9.80. The van der Waals surface area contributed by atoms with E-state index in [1.54, 1.807) is 0 Å². The number of nitrogens with one attached hydrogen (secondary N) is 1. The Kier molecular flexibility index (Phi) is 6.71. The second-order valence-electron chi connectivity index (χ2n) is 5.45. The third kappa shape index (κ3) is 4.37. The van der Waals surface area contributed by atoms with Crippen molar-refractivity contribution < 1.29 is 18.0 Å². The van der Waals surface area contributed by atoms with Crippen LogP contribution in [0.3, 0.4) is 0 Å². The van der Waals surface area contributed by atoms with Crippen molar-refractivity contribution >= 4 is 29.3 Å². The molecule has 1 atom stereocenters. The van der Waals surface area contributed by atoms with Crippen LogP contribution >= 0.6 is 24.0 Å². The number of hydrogen-bond donors (Lipinski definition) is 1. The van der Waals surface area contributed by atoms with Crippen LogP contribution < -0.4 is 5.32 Å². The van der Waals surface area contributed by atoms with Gasteiger partial charge in [-0.3, -0.25) is 4.79 Å². The molecule has 1 N–H and O–H groups in total. The maximum Gasteiger partial charge on any atom is 0.416 e. The molecule has 0 aromatic heterocycles. The Morgan fingerprint density at radius 3 is 2.41 bits per heavy atom. The van der Waals surface area contributed by atoms with E-state index in [9.17, 15) is 18.0 Å². The first-order valence-electron chi connectivity index (χ1n) is 6.92. The zero-order chi connectivity index (χ0) is 15.6. The van der Waals surface area contributed by atoms with Crippen LogP contribution in [0.15, 0.2) is 18.2 Å². The van der Waals surface area contributed by atoms with Crippen molar-refractivity contribution in [2.24, 2.45) is 5.92 Å². The maximum absolute atomic E-state index is 13.3. The fourth-order valence-corrected chi connectivity index (χ4v) is 3.04. The smallest absolute Gasteiger partial charge is 0.317 e. The molecule has 7 heteroatoms. The normalized spacial score (nSPS) is 17.7. The van der Waals surface area contributed by atoms with E-state index in [1.165, 1.54) is 12.1 Å².